The molecule has 0 saturated carbocycles. The van der Waals surface area contributed by atoms with Crippen molar-refractivity contribution in [3.63, 3.8) is 0 Å². The van der Waals surface area contributed by atoms with E-state index in [1.54, 1.807) is 12.1 Å². The van der Waals surface area contributed by atoms with Crippen molar-refractivity contribution in [2.75, 3.05) is 19.8 Å². The van der Waals surface area contributed by atoms with Crippen molar-refractivity contribution < 1.29 is 18.6 Å². The monoisotopic (exact) mass is 257 g/mol. The molecule has 1 atom stereocenters. The average molecular weight is 257 g/mol. The van der Waals surface area contributed by atoms with Gasteiger partial charge in [-0.1, -0.05) is 6.07 Å². The Kier molecular flexibility index (Phi) is 4.49. The lowest BCUT2D eigenvalue weighted by Crippen LogP contribution is -2.24. The molecule has 3 nitrogen and oxygen atoms in total. The molecular formula is C13H17F2NO2. The van der Waals surface area contributed by atoms with Gasteiger partial charge in [-0.3, -0.25) is 0 Å². The molecule has 0 radical (unpaired) electrons. The number of hydrogen-bond acceptors (Lipinski definition) is 3. The first-order valence-electron chi connectivity index (χ1n) is 6.08. The number of nitrogens with one attached hydrogen (secondary N) is 1. The number of alkyl halides is 2. The van der Waals surface area contributed by atoms with Gasteiger partial charge in [0.2, 0.25) is 0 Å². The highest BCUT2D eigenvalue weighted by Gasteiger charge is 2.21. The quantitative estimate of drug-likeness (QED) is 0.768. The molecule has 1 aliphatic carbocycles. The van der Waals surface area contributed by atoms with Crippen LogP contribution in [0.4, 0.5) is 8.78 Å². The molecule has 100 valence electrons. The van der Waals surface area contributed by atoms with E-state index in [0.717, 1.165) is 18.4 Å². The van der Waals surface area contributed by atoms with Crippen LogP contribution in [0.25, 0.3) is 0 Å². The van der Waals surface area contributed by atoms with Crippen molar-refractivity contribution in [1.29, 1.82) is 0 Å². The van der Waals surface area contributed by atoms with E-state index in [-0.39, 0.29) is 18.4 Å². The molecule has 0 spiro atoms. The summed E-state index contributed by atoms with van der Waals surface area (Å²) in [5.74, 6) is 0.287. The standard InChI is InChI=1S/C13H17F2NO2/c14-13(15)8-18-6-5-16-12-4-1-9-7-10(17)2-3-11(9)12/h2-3,7,12-13,16-17H,1,4-6,8H2. The van der Waals surface area contributed by atoms with Crippen molar-refractivity contribution in [1.82, 2.24) is 5.32 Å². The van der Waals surface area contributed by atoms with Gasteiger partial charge in [-0.05, 0) is 36.1 Å². The molecule has 1 aromatic rings. The smallest absolute Gasteiger partial charge is 0.261 e. The Bertz CT molecular complexity index is 399. The molecule has 18 heavy (non-hydrogen) atoms. The number of aromatic hydroxyl groups is 1. The molecule has 2 rings (SSSR count). The van der Waals surface area contributed by atoms with Gasteiger partial charge in [-0.15, -0.1) is 0 Å². The Morgan fingerprint density at radius 3 is 3.06 bits per heavy atom. The highest BCUT2D eigenvalue weighted by molar-refractivity contribution is 5.39. The molecule has 1 aromatic carbocycles. The van der Waals surface area contributed by atoms with E-state index in [0.29, 0.717) is 6.54 Å². The van der Waals surface area contributed by atoms with Gasteiger partial charge in [-0.2, -0.15) is 0 Å². The molecule has 0 fully saturated rings. The Labute approximate surface area is 105 Å². The summed E-state index contributed by atoms with van der Waals surface area (Å²) in [4.78, 5) is 0. The minimum absolute atomic E-state index is 0.232. The maximum absolute atomic E-state index is 11.8. The lowest BCUT2D eigenvalue weighted by molar-refractivity contribution is 0.0182. The lowest BCUT2D eigenvalue weighted by Gasteiger charge is -2.14. The second kappa shape index (κ2) is 6.11. The Balaban J connectivity index is 1.76. The zero-order chi connectivity index (χ0) is 13.0. The Hall–Kier alpha value is -1.20. The Morgan fingerprint density at radius 2 is 2.28 bits per heavy atom. The third-order valence-corrected chi connectivity index (χ3v) is 3.09. The van der Waals surface area contributed by atoms with Gasteiger partial charge in [0.05, 0.1) is 6.61 Å². The number of phenols is 1. The van der Waals surface area contributed by atoms with Gasteiger partial charge in [0.1, 0.15) is 12.4 Å². The van der Waals surface area contributed by atoms with E-state index in [9.17, 15) is 13.9 Å². The van der Waals surface area contributed by atoms with Gasteiger partial charge in [0.25, 0.3) is 6.43 Å². The fraction of sp³-hybridized carbons (Fsp3) is 0.538. The molecule has 0 heterocycles. The third-order valence-electron chi connectivity index (χ3n) is 3.09. The molecule has 5 heteroatoms. The number of aryl methyl sites for hydroxylation is 1. The molecule has 0 bridgehead atoms. The van der Waals surface area contributed by atoms with Gasteiger partial charge in [0, 0.05) is 12.6 Å². The van der Waals surface area contributed by atoms with Crippen LogP contribution in [0.15, 0.2) is 18.2 Å². The van der Waals surface area contributed by atoms with E-state index in [2.05, 4.69) is 5.32 Å². The maximum atomic E-state index is 11.8. The molecule has 2 N–H and O–H groups in total. The second-order valence-corrected chi connectivity index (χ2v) is 4.39. The normalized spacial score (nSPS) is 18.3. The van der Waals surface area contributed by atoms with E-state index in [4.69, 9.17) is 4.74 Å². The molecule has 0 aliphatic heterocycles. The summed E-state index contributed by atoms with van der Waals surface area (Å²) in [5.41, 5.74) is 2.34. The predicted molar refractivity (Wildman–Crippen MR) is 64.0 cm³/mol. The topological polar surface area (TPSA) is 41.5 Å². The van der Waals surface area contributed by atoms with Gasteiger partial charge in [-0.25, -0.2) is 8.78 Å². The van der Waals surface area contributed by atoms with Crippen LogP contribution < -0.4 is 5.32 Å². The summed E-state index contributed by atoms with van der Waals surface area (Å²) in [6.07, 6.45) is -0.507. The number of halogens is 2. The summed E-state index contributed by atoms with van der Waals surface area (Å²) in [6.45, 7) is 0.336. The number of hydrogen-bond donors (Lipinski definition) is 2. The minimum Gasteiger partial charge on any atom is -0.508 e. The van der Waals surface area contributed by atoms with E-state index < -0.39 is 13.0 Å². The average Bonchev–Trinajstić information content (AvgIpc) is 2.70. The van der Waals surface area contributed by atoms with Crippen LogP contribution in [0.3, 0.4) is 0 Å². The maximum Gasteiger partial charge on any atom is 0.261 e. The number of rotatable bonds is 6. The van der Waals surface area contributed by atoms with Crippen LogP contribution in [0.2, 0.25) is 0 Å². The highest BCUT2D eigenvalue weighted by Crippen LogP contribution is 2.32. The van der Waals surface area contributed by atoms with Gasteiger partial charge >= 0.3 is 0 Å². The van der Waals surface area contributed by atoms with Crippen molar-refractivity contribution in [3.8, 4) is 5.75 Å². The first-order chi connectivity index (χ1) is 8.66. The third kappa shape index (κ3) is 3.40. The summed E-state index contributed by atoms with van der Waals surface area (Å²) in [5, 5.41) is 12.6. The summed E-state index contributed by atoms with van der Waals surface area (Å²) < 4.78 is 28.5. The summed E-state index contributed by atoms with van der Waals surface area (Å²) in [7, 11) is 0. The largest absolute Gasteiger partial charge is 0.508 e. The molecule has 1 aliphatic rings. The zero-order valence-corrected chi connectivity index (χ0v) is 10.0. The number of phenolic OH excluding ortho intramolecular Hbond substituents is 1. The highest BCUT2D eigenvalue weighted by atomic mass is 19.3. The molecule has 0 aromatic heterocycles. The summed E-state index contributed by atoms with van der Waals surface area (Å²) >= 11 is 0. The first-order valence-corrected chi connectivity index (χ1v) is 6.08. The first kappa shape index (κ1) is 13.2. The van der Waals surface area contributed by atoms with Crippen LogP contribution in [0, 0.1) is 0 Å². The van der Waals surface area contributed by atoms with Gasteiger partial charge < -0.3 is 15.2 Å². The van der Waals surface area contributed by atoms with Crippen LogP contribution in [-0.2, 0) is 11.2 Å². The van der Waals surface area contributed by atoms with Crippen molar-refractivity contribution in [2.45, 2.75) is 25.3 Å². The number of ether oxygens (including phenoxy) is 1. The molecule has 0 amide bonds. The lowest BCUT2D eigenvalue weighted by atomic mass is 10.1. The van der Waals surface area contributed by atoms with Crippen LogP contribution >= 0.6 is 0 Å². The second-order valence-electron chi connectivity index (χ2n) is 4.39. The SMILES string of the molecule is Oc1ccc2c(c1)CCC2NCCOCC(F)F. The Morgan fingerprint density at radius 1 is 1.44 bits per heavy atom. The number of fused-ring (bicyclic) bond motifs is 1. The van der Waals surface area contributed by atoms with Crippen molar-refractivity contribution >= 4 is 0 Å². The molecular weight excluding hydrogens is 240 g/mol. The van der Waals surface area contributed by atoms with Crippen LogP contribution in [0.1, 0.15) is 23.6 Å². The zero-order valence-electron chi connectivity index (χ0n) is 10.0. The van der Waals surface area contributed by atoms with E-state index in [1.807, 2.05) is 6.07 Å². The number of benzene rings is 1. The van der Waals surface area contributed by atoms with Gasteiger partial charge in [0.15, 0.2) is 0 Å². The molecule has 1 unspecified atom stereocenters. The fourth-order valence-electron chi connectivity index (χ4n) is 2.29. The fourth-order valence-corrected chi connectivity index (χ4v) is 2.29. The van der Waals surface area contributed by atoms with Crippen LogP contribution in [0.5, 0.6) is 5.75 Å². The van der Waals surface area contributed by atoms with Crippen LogP contribution in [-0.4, -0.2) is 31.3 Å². The summed E-state index contributed by atoms with van der Waals surface area (Å²) in [6, 6.07) is 5.60. The van der Waals surface area contributed by atoms with Crippen molar-refractivity contribution in [3.05, 3.63) is 29.3 Å². The van der Waals surface area contributed by atoms with E-state index in [1.165, 1.54) is 5.56 Å². The predicted octanol–water partition coefficient (Wildman–Crippen LogP) is 2.25. The minimum atomic E-state index is -2.40. The molecule has 0 saturated heterocycles. The van der Waals surface area contributed by atoms with E-state index >= 15 is 0 Å². The van der Waals surface area contributed by atoms with Crippen molar-refractivity contribution in [2.24, 2.45) is 0 Å².